The topological polar surface area (TPSA) is 46.2 Å². The summed E-state index contributed by atoms with van der Waals surface area (Å²) in [7, 11) is 0.214. The summed E-state index contributed by atoms with van der Waals surface area (Å²) in [6, 6.07) is 14.4. The lowest BCUT2D eigenvalue weighted by atomic mass is 10.2. The average Bonchev–Trinajstić information content (AvgIpc) is 2.46. The molecular formula is C15H15NO2S. The second kappa shape index (κ2) is 5.80. The third kappa shape index (κ3) is 2.90. The van der Waals surface area contributed by atoms with Gasteiger partial charge in [-0.3, -0.25) is 4.79 Å². The van der Waals surface area contributed by atoms with Gasteiger partial charge in [0.15, 0.2) is 0 Å². The maximum atomic E-state index is 12.5. The minimum Gasteiger partial charge on any atom is -0.355 e. The smallest absolute Gasteiger partial charge is 0.252 e. The molecule has 0 fully saturated rings. The van der Waals surface area contributed by atoms with Crippen molar-refractivity contribution in [3.05, 3.63) is 59.7 Å². The highest BCUT2D eigenvalue weighted by molar-refractivity contribution is 7.85. The Bertz CT molecular complexity index is 620. The first-order valence-electron chi connectivity index (χ1n) is 5.93. The molecule has 1 unspecified atom stereocenters. The van der Waals surface area contributed by atoms with Gasteiger partial charge < -0.3 is 5.32 Å². The van der Waals surface area contributed by atoms with Crippen molar-refractivity contribution in [1.82, 2.24) is 5.32 Å². The zero-order valence-corrected chi connectivity index (χ0v) is 11.7. The van der Waals surface area contributed by atoms with E-state index in [0.717, 1.165) is 5.56 Å². The summed E-state index contributed by atoms with van der Waals surface area (Å²) in [5, 5.41) is 2.56. The van der Waals surface area contributed by atoms with Gasteiger partial charge in [0.2, 0.25) is 0 Å². The molecule has 0 radical (unpaired) electrons. The van der Waals surface area contributed by atoms with Gasteiger partial charge in [0.1, 0.15) is 0 Å². The van der Waals surface area contributed by atoms with Gasteiger partial charge in [0.25, 0.3) is 5.91 Å². The molecule has 98 valence electrons. The van der Waals surface area contributed by atoms with Crippen molar-refractivity contribution in [1.29, 1.82) is 0 Å². The third-order valence-corrected chi connectivity index (χ3v) is 4.25. The molecule has 1 atom stereocenters. The first-order valence-corrected chi connectivity index (χ1v) is 7.08. The molecule has 2 aromatic carbocycles. The number of nitrogens with one attached hydrogen (secondary N) is 1. The fraction of sp³-hybridized carbons (Fsp3) is 0.133. The maximum absolute atomic E-state index is 12.5. The predicted molar refractivity (Wildman–Crippen MR) is 75.7 cm³/mol. The van der Waals surface area contributed by atoms with Crippen molar-refractivity contribution in [2.45, 2.75) is 16.7 Å². The van der Waals surface area contributed by atoms with E-state index in [1.165, 1.54) is 0 Å². The van der Waals surface area contributed by atoms with E-state index in [-0.39, 0.29) is 5.91 Å². The summed E-state index contributed by atoms with van der Waals surface area (Å²) >= 11 is 0. The predicted octanol–water partition coefficient (Wildman–Crippen LogP) is 2.52. The zero-order chi connectivity index (χ0) is 13.8. The van der Waals surface area contributed by atoms with Crippen molar-refractivity contribution < 1.29 is 9.00 Å². The van der Waals surface area contributed by atoms with Crippen molar-refractivity contribution in [3.8, 4) is 0 Å². The molecule has 19 heavy (non-hydrogen) atoms. The Balaban J connectivity index is 2.44. The first kappa shape index (κ1) is 13.5. The van der Waals surface area contributed by atoms with Gasteiger partial charge in [-0.1, -0.05) is 29.8 Å². The standard InChI is InChI=1S/C15H15NO2S/c1-11-7-9-12(10-8-11)19(18)14-6-4-3-5-13(14)15(17)16-2/h3-10H,1-2H3,(H,16,17). The van der Waals surface area contributed by atoms with E-state index in [0.29, 0.717) is 15.4 Å². The van der Waals surface area contributed by atoms with Gasteiger partial charge in [0, 0.05) is 11.9 Å². The molecule has 0 saturated heterocycles. The second-order valence-electron chi connectivity index (χ2n) is 4.16. The Morgan fingerprint density at radius 2 is 1.68 bits per heavy atom. The van der Waals surface area contributed by atoms with E-state index in [4.69, 9.17) is 0 Å². The molecule has 0 aliphatic rings. The van der Waals surface area contributed by atoms with Crippen LogP contribution in [-0.4, -0.2) is 17.2 Å². The van der Waals surface area contributed by atoms with Crippen molar-refractivity contribution in [3.63, 3.8) is 0 Å². The molecule has 3 nitrogen and oxygen atoms in total. The SMILES string of the molecule is CNC(=O)c1ccccc1S(=O)c1ccc(C)cc1. The first-order chi connectivity index (χ1) is 9.13. The lowest BCUT2D eigenvalue weighted by molar-refractivity contribution is 0.0960. The van der Waals surface area contributed by atoms with E-state index in [2.05, 4.69) is 5.32 Å². The molecule has 0 saturated carbocycles. The fourth-order valence-corrected chi connectivity index (χ4v) is 2.94. The minimum absolute atomic E-state index is 0.226. The Morgan fingerprint density at radius 3 is 2.32 bits per heavy atom. The molecule has 0 heterocycles. The molecule has 2 rings (SSSR count). The zero-order valence-electron chi connectivity index (χ0n) is 10.8. The van der Waals surface area contributed by atoms with Crippen LogP contribution in [0.25, 0.3) is 0 Å². The quantitative estimate of drug-likeness (QED) is 0.934. The number of benzene rings is 2. The van der Waals surface area contributed by atoms with Crippen LogP contribution in [0.4, 0.5) is 0 Å². The summed E-state index contributed by atoms with van der Waals surface area (Å²) in [5.41, 5.74) is 1.56. The molecule has 0 aliphatic heterocycles. The number of aryl methyl sites for hydroxylation is 1. The molecule has 0 aliphatic carbocycles. The van der Waals surface area contributed by atoms with Gasteiger partial charge in [-0.15, -0.1) is 0 Å². The molecule has 1 N–H and O–H groups in total. The number of rotatable bonds is 3. The lowest BCUT2D eigenvalue weighted by Gasteiger charge is -2.08. The number of hydrogen-bond acceptors (Lipinski definition) is 2. The summed E-state index contributed by atoms with van der Waals surface area (Å²) in [5.74, 6) is -0.226. The van der Waals surface area contributed by atoms with Crippen LogP contribution in [0.15, 0.2) is 58.3 Å². The van der Waals surface area contributed by atoms with Crippen LogP contribution < -0.4 is 5.32 Å². The van der Waals surface area contributed by atoms with Crippen LogP contribution in [0.3, 0.4) is 0 Å². The van der Waals surface area contributed by atoms with Gasteiger partial charge in [-0.05, 0) is 31.2 Å². The molecule has 0 spiro atoms. The van der Waals surface area contributed by atoms with Crippen LogP contribution in [0.2, 0.25) is 0 Å². The monoisotopic (exact) mass is 273 g/mol. The third-order valence-electron chi connectivity index (χ3n) is 2.79. The molecule has 4 heteroatoms. The van der Waals surface area contributed by atoms with Gasteiger partial charge in [-0.25, -0.2) is 4.21 Å². The largest absolute Gasteiger partial charge is 0.355 e. The minimum atomic E-state index is -1.35. The Morgan fingerprint density at radius 1 is 1.05 bits per heavy atom. The van der Waals surface area contributed by atoms with E-state index in [1.807, 2.05) is 31.2 Å². The Hall–Kier alpha value is -1.94. The van der Waals surface area contributed by atoms with Crippen LogP contribution in [0.1, 0.15) is 15.9 Å². The summed E-state index contributed by atoms with van der Waals surface area (Å²) in [6.45, 7) is 1.98. The normalized spacial score (nSPS) is 11.9. The van der Waals surface area contributed by atoms with E-state index in [1.54, 1.807) is 31.3 Å². The highest BCUT2D eigenvalue weighted by atomic mass is 32.2. The van der Waals surface area contributed by atoms with Crippen LogP contribution in [-0.2, 0) is 10.8 Å². The van der Waals surface area contributed by atoms with Gasteiger partial charge >= 0.3 is 0 Å². The van der Waals surface area contributed by atoms with E-state index < -0.39 is 10.8 Å². The lowest BCUT2D eigenvalue weighted by Crippen LogP contribution is -2.19. The van der Waals surface area contributed by atoms with Crippen molar-refractivity contribution in [2.24, 2.45) is 0 Å². The maximum Gasteiger partial charge on any atom is 0.252 e. The van der Waals surface area contributed by atoms with Crippen molar-refractivity contribution in [2.75, 3.05) is 7.05 Å². The highest BCUT2D eigenvalue weighted by Gasteiger charge is 2.15. The summed E-state index contributed by atoms with van der Waals surface area (Å²) < 4.78 is 12.5. The average molecular weight is 273 g/mol. The van der Waals surface area contributed by atoms with E-state index in [9.17, 15) is 9.00 Å². The van der Waals surface area contributed by atoms with Crippen LogP contribution in [0, 0.1) is 6.92 Å². The van der Waals surface area contributed by atoms with Crippen molar-refractivity contribution >= 4 is 16.7 Å². The summed E-state index contributed by atoms with van der Waals surface area (Å²) in [4.78, 5) is 13.0. The van der Waals surface area contributed by atoms with E-state index >= 15 is 0 Å². The van der Waals surface area contributed by atoms with Gasteiger partial charge in [0.05, 0.1) is 21.3 Å². The fourth-order valence-electron chi connectivity index (χ4n) is 1.74. The number of carbonyl (C=O) groups excluding carboxylic acids is 1. The molecule has 0 aromatic heterocycles. The number of amides is 1. The highest BCUT2D eigenvalue weighted by Crippen LogP contribution is 2.20. The second-order valence-corrected chi connectivity index (χ2v) is 5.61. The molecular weight excluding hydrogens is 258 g/mol. The van der Waals surface area contributed by atoms with Crippen LogP contribution in [0.5, 0.6) is 0 Å². The molecule has 0 bridgehead atoms. The van der Waals surface area contributed by atoms with Gasteiger partial charge in [-0.2, -0.15) is 0 Å². The Labute approximate surface area is 115 Å². The number of hydrogen-bond donors (Lipinski definition) is 1. The van der Waals surface area contributed by atoms with Crippen LogP contribution >= 0.6 is 0 Å². The molecule has 2 aromatic rings. The molecule has 1 amide bonds. The summed E-state index contributed by atoms with van der Waals surface area (Å²) in [6.07, 6.45) is 0. The Kier molecular flexibility index (Phi) is 4.12. The number of carbonyl (C=O) groups is 1.